The predicted molar refractivity (Wildman–Crippen MR) is 92.9 cm³/mol. The average Bonchev–Trinajstić information content (AvgIpc) is 2.89. The van der Waals surface area contributed by atoms with E-state index >= 15 is 0 Å². The maximum atomic E-state index is 12.1. The van der Waals surface area contributed by atoms with E-state index in [2.05, 4.69) is 10.6 Å². The number of para-hydroxylation sites is 1. The van der Waals surface area contributed by atoms with Crippen LogP contribution in [0.1, 0.15) is 37.7 Å². The summed E-state index contributed by atoms with van der Waals surface area (Å²) in [6, 6.07) is 7.27. The largest absolute Gasteiger partial charge is 0.496 e. The van der Waals surface area contributed by atoms with Crippen LogP contribution in [0.3, 0.4) is 0 Å². The Kier molecular flexibility index (Phi) is 7.39. The molecule has 2 rings (SSSR count). The molecule has 0 radical (unpaired) electrons. The summed E-state index contributed by atoms with van der Waals surface area (Å²) in [5, 5.41) is 5.52. The Bertz CT molecular complexity index is 540. The number of urea groups is 1. The van der Waals surface area contributed by atoms with Crippen molar-refractivity contribution in [2.45, 2.75) is 38.6 Å². The topological polar surface area (TPSA) is 70.7 Å². The number of rotatable bonds is 6. The summed E-state index contributed by atoms with van der Waals surface area (Å²) in [6.45, 7) is 2.43. The van der Waals surface area contributed by atoms with Crippen LogP contribution in [0.2, 0.25) is 0 Å². The Balaban J connectivity index is 1.66. The van der Waals surface area contributed by atoms with Crippen LogP contribution in [-0.2, 0) is 11.3 Å². The Morgan fingerprint density at radius 1 is 1.08 bits per heavy atom. The SMILES string of the molecule is COc1ccccc1CNC(=O)NCCC(=O)N1CCCCCC1. The summed E-state index contributed by atoms with van der Waals surface area (Å²) in [4.78, 5) is 25.9. The minimum atomic E-state index is -0.274. The van der Waals surface area contributed by atoms with Gasteiger partial charge < -0.3 is 20.3 Å². The van der Waals surface area contributed by atoms with Gasteiger partial charge in [0.25, 0.3) is 0 Å². The highest BCUT2D eigenvalue weighted by Crippen LogP contribution is 2.16. The number of nitrogens with one attached hydrogen (secondary N) is 2. The Hall–Kier alpha value is -2.24. The lowest BCUT2D eigenvalue weighted by Crippen LogP contribution is -2.39. The number of amides is 3. The highest BCUT2D eigenvalue weighted by Gasteiger charge is 2.15. The van der Waals surface area contributed by atoms with Crippen LogP contribution in [0, 0.1) is 0 Å². The minimum Gasteiger partial charge on any atom is -0.496 e. The molecule has 0 atom stereocenters. The van der Waals surface area contributed by atoms with E-state index in [1.54, 1.807) is 7.11 Å². The second-order valence-electron chi connectivity index (χ2n) is 5.97. The maximum absolute atomic E-state index is 12.1. The molecule has 1 aliphatic heterocycles. The van der Waals surface area contributed by atoms with Crippen LogP contribution >= 0.6 is 0 Å². The second-order valence-corrected chi connectivity index (χ2v) is 5.97. The standard InChI is InChI=1S/C18H27N3O3/c1-24-16-9-5-4-8-15(16)14-20-18(23)19-11-10-17(22)21-12-6-2-3-7-13-21/h4-5,8-9H,2-3,6-7,10-14H2,1H3,(H2,19,20,23). The predicted octanol–water partition coefficient (Wildman–Crippen LogP) is 2.29. The highest BCUT2D eigenvalue weighted by atomic mass is 16.5. The molecule has 0 unspecified atom stereocenters. The Morgan fingerprint density at radius 2 is 1.79 bits per heavy atom. The van der Waals surface area contributed by atoms with E-state index in [4.69, 9.17) is 4.74 Å². The number of hydrogen-bond donors (Lipinski definition) is 2. The van der Waals surface area contributed by atoms with Crippen LogP contribution in [0.25, 0.3) is 0 Å². The number of hydrogen-bond acceptors (Lipinski definition) is 3. The molecule has 132 valence electrons. The zero-order valence-corrected chi connectivity index (χ0v) is 14.3. The lowest BCUT2D eigenvalue weighted by atomic mass is 10.2. The van der Waals surface area contributed by atoms with Gasteiger partial charge in [-0.2, -0.15) is 0 Å². The van der Waals surface area contributed by atoms with Crippen LogP contribution in [0.15, 0.2) is 24.3 Å². The lowest BCUT2D eigenvalue weighted by molar-refractivity contribution is -0.131. The molecule has 1 heterocycles. The van der Waals surface area contributed by atoms with Crippen molar-refractivity contribution in [1.29, 1.82) is 0 Å². The number of benzene rings is 1. The summed E-state index contributed by atoms with van der Waals surface area (Å²) in [6.07, 6.45) is 4.92. The van der Waals surface area contributed by atoms with E-state index in [9.17, 15) is 9.59 Å². The van der Waals surface area contributed by atoms with E-state index < -0.39 is 0 Å². The molecule has 6 heteroatoms. The van der Waals surface area contributed by atoms with Gasteiger partial charge in [-0.25, -0.2) is 4.79 Å². The molecule has 1 saturated heterocycles. The van der Waals surface area contributed by atoms with Gasteiger partial charge in [0.2, 0.25) is 5.91 Å². The van der Waals surface area contributed by atoms with E-state index in [-0.39, 0.29) is 11.9 Å². The average molecular weight is 333 g/mol. The van der Waals surface area contributed by atoms with Crippen LogP contribution < -0.4 is 15.4 Å². The molecular weight excluding hydrogens is 306 g/mol. The number of carbonyl (C=O) groups is 2. The van der Waals surface area contributed by atoms with Crippen molar-refractivity contribution in [2.75, 3.05) is 26.7 Å². The zero-order valence-electron chi connectivity index (χ0n) is 14.3. The van der Waals surface area contributed by atoms with Crippen LogP contribution in [0.5, 0.6) is 5.75 Å². The first-order valence-electron chi connectivity index (χ1n) is 8.62. The van der Waals surface area contributed by atoms with Crippen molar-refractivity contribution in [3.8, 4) is 5.75 Å². The normalized spacial score (nSPS) is 14.6. The first-order valence-corrected chi connectivity index (χ1v) is 8.62. The highest BCUT2D eigenvalue weighted by molar-refractivity contribution is 5.78. The van der Waals surface area contributed by atoms with Gasteiger partial charge >= 0.3 is 6.03 Å². The molecule has 2 N–H and O–H groups in total. The number of nitrogens with zero attached hydrogens (tertiary/aromatic N) is 1. The number of methoxy groups -OCH3 is 1. The minimum absolute atomic E-state index is 0.127. The zero-order chi connectivity index (χ0) is 17.2. The van der Waals surface area contributed by atoms with E-state index in [0.29, 0.717) is 19.5 Å². The molecule has 0 aromatic heterocycles. The lowest BCUT2D eigenvalue weighted by Gasteiger charge is -2.20. The molecular formula is C18H27N3O3. The first kappa shape index (κ1) is 18.1. The fraction of sp³-hybridized carbons (Fsp3) is 0.556. The van der Waals surface area contributed by atoms with Crippen LogP contribution in [0.4, 0.5) is 4.79 Å². The summed E-state index contributed by atoms with van der Waals surface area (Å²) in [5.41, 5.74) is 0.913. The van der Waals surface area contributed by atoms with E-state index in [1.165, 1.54) is 12.8 Å². The van der Waals surface area contributed by atoms with Gasteiger partial charge in [-0.3, -0.25) is 4.79 Å². The second kappa shape index (κ2) is 9.80. The number of carbonyl (C=O) groups excluding carboxylic acids is 2. The third-order valence-corrected chi connectivity index (χ3v) is 4.22. The van der Waals surface area contributed by atoms with Gasteiger partial charge in [0.1, 0.15) is 5.75 Å². The fourth-order valence-corrected chi connectivity index (χ4v) is 2.85. The molecule has 6 nitrogen and oxygen atoms in total. The summed E-state index contributed by atoms with van der Waals surface area (Å²) < 4.78 is 5.25. The quantitative estimate of drug-likeness (QED) is 0.839. The molecule has 1 aromatic rings. The molecule has 0 aliphatic carbocycles. The van der Waals surface area contributed by atoms with Crippen molar-refractivity contribution in [2.24, 2.45) is 0 Å². The van der Waals surface area contributed by atoms with Gasteiger partial charge in [0.15, 0.2) is 0 Å². The van der Waals surface area contributed by atoms with Crippen molar-refractivity contribution in [1.82, 2.24) is 15.5 Å². The molecule has 0 saturated carbocycles. The summed E-state index contributed by atoms with van der Waals surface area (Å²) in [5.74, 6) is 0.871. The molecule has 1 fully saturated rings. The van der Waals surface area contributed by atoms with Crippen LogP contribution in [-0.4, -0.2) is 43.6 Å². The Morgan fingerprint density at radius 3 is 2.50 bits per heavy atom. The smallest absolute Gasteiger partial charge is 0.315 e. The maximum Gasteiger partial charge on any atom is 0.315 e. The Labute approximate surface area is 143 Å². The fourth-order valence-electron chi connectivity index (χ4n) is 2.85. The molecule has 1 aromatic carbocycles. The van der Waals surface area contributed by atoms with E-state index in [1.807, 2.05) is 29.2 Å². The van der Waals surface area contributed by atoms with Gasteiger partial charge in [-0.05, 0) is 18.9 Å². The molecule has 3 amide bonds. The molecule has 0 spiro atoms. The number of ether oxygens (including phenoxy) is 1. The van der Waals surface area contributed by atoms with Crippen molar-refractivity contribution in [3.05, 3.63) is 29.8 Å². The van der Waals surface area contributed by atoms with Gasteiger partial charge in [-0.15, -0.1) is 0 Å². The van der Waals surface area contributed by atoms with Gasteiger partial charge in [0.05, 0.1) is 7.11 Å². The monoisotopic (exact) mass is 333 g/mol. The van der Waals surface area contributed by atoms with E-state index in [0.717, 1.165) is 37.2 Å². The molecule has 1 aliphatic rings. The summed E-state index contributed by atoms with van der Waals surface area (Å²) in [7, 11) is 1.60. The first-order chi connectivity index (χ1) is 11.7. The third-order valence-electron chi connectivity index (χ3n) is 4.22. The molecule has 24 heavy (non-hydrogen) atoms. The molecule has 0 bridgehead atoms. The van der Waals surface area contributed by atoms with Gasteiger partial charge in [0, 0.05) is 38.2 Å². The van der Waals surface area contributed by atoms with Gasteiger partial charge in [-0.1, -0.05) is 31.0 Å². The summed E-state index contributed by atoms with van der Waals surface area (Å²) >= 11 is 0. The number of likely N-dealkylation sites (tertiary alicyclic amines) is 1. The van der Waals surface area contributed by atoms with Crippen molar-refractivity contribution in [3.63, 3.8) is 0 Å². The van der Waals surface area contributed by atoms with Crippen molar-refractivity contribution < 1.29 is 14.3 Å². The van der Waals surface area contributed by atoms with Crippen molar-refractivity contribution >= 4 is 11.9 Å². The third kappa shape index (κ3) is 5.76.